The lowest BCUT2D eigenvalue weighted by atomic mass is 10.2. The molecule has 0 atom stereocenters. The molecule has 0 radical (unpaired) electrons. The van der Waals surface area contributed by atoms with E-state index in [1.807, 2.05) is 25.9 Å². The van der Waals surface area contributed by atoms with Gasteiger partial charge in [0.1, 0.15) is 16.5 Å². The molecule has 0 amide bonds. The van der Waals surface area contributed by atoms with E-state index in [4.69, 9.17) is 0 Å². The molecule has 1 aliphatic rings. The van der Waals surface area contributed by atoms with Crippen LogP contribution in [0.3, 0.4) is 0 Å². The Balaban J connectivity index is 2.00. The summed E-state index contributed by atoms with van der Waals surface area (Å²) in [5.41, 5.74) is 1.83. The molecule has 3 heterocycles. The molecule has 0 aliphatic heterocycles. The van der Waals surface area contributed by atoms with Crippen molar-refractivity contribution in [3.63, 3.8) is 0 Å². The average molecular weight is 352 g/mol. The summed E-state index contributed by atoms with van der Waals surface area (Å²) in [6.07, 6.45) is 6.69. The topological polar surface area (TPSA) is 84.8 Å². The zero-order valence-corrected chi connectivity index (χ0v) is 15.2. The SMILES string of the molecule is Cc1nc(-[n+]2[nH]cc(C#N)c2N=CN(C)C)c2c3c(sc2n1)CCC3. The van der Waals surface area contributed by atoms with E-state index in [1.165, 1.54) is 16.9 Å². The second-order valence-corrected chi connectivity index (χ2v) is 7.38. The van der Waals surface area contributed by atoms with Crippen LogP contribution in [0.4, 0.5) is 5.82 Å². The maximum atomic E-state index is 9.43. The van der Waals surface area contributed by atoms with Crippen LogP contribution in [0.25, 0.3) is 16.0 Å². The number of nitrogens with zero attached hydrogens (tertiary/aromatic N) is 6. The lowest BCUT2D eigenvalue weighted by molar-refractivity contribution is -0.644. The van der Waals surface area contributed by atoms with Crippen molar-refractivity contribution in [2.24, 2.45) is 4.99 Å². The fraction of sp³-hybridized carbons (Fsp3) is 0.353. The van der Waals surface area contributed by atoms with Crippen molar-refractivity contribution < 1.29 is 4.68 Å². The van der Waals surface area contributed by atoms with Crippen molar-refractivity contribution in [2.75, 3.05) is 14.1 Å². The molecular weight excluding hydrogens is 334 g/mol. The van der Waals surface area contributed by atoms with Crippen LogP contribution in [0.1, 0.15) is 28.2 Å². The zero-order chi connectivity index (χ0) is 17.6. The molecule has 126 valence electrons. The summed E-state index contributed by atoms with van der Waals surface area (Å²) in [6, 6.07) is 2.19. The van der Waals surface area contributed by atoms with Crippen molar-refractivity contribution in [1.29, 1.82) is 5.26 Å². The number of H-pyrrole nitrogens is 1. The molecule has 0 bridgehead atoms. The van der Waals surface area contributed by atoms with Gasteiger partial charge in [-0.3, -0.25) is 0 Å². The Morgan fingerprint density at radius 2 is 2.24 bits per heavy atom. The molecule has 0 aromatic carbocycles. The van der Waals surface area contributed by atoms with Gasteiger partial charge < -0.3 is 4.90 Å². The summed E-state index contributed by atoms with van der Waals surface area (Å²) >= 11 is 1.76. The van der Waals surface area contributed by atoms with Gasteiger partial charge in [-0.2, -0.15) is 5.26 Å². The van der Waals surface area contributed by atoms with Crippen LogP contribution in [0.2, 0.25) is 0 Å². The standard InChI is InChI=1S/C17H17N7S/c1-10-21-16(14-12-5-4-6-13(12)25-17(14)22-10)24-15(19-9-23(2)3)11(7-18)8-20-24/h8-9H,4-6H2,1-3H3/p+1. The highest BCUT2D eigenvalue weighted by molar-refractivity contribution is 7.19. The number of thiophene rings is 1. The molecule has 1 aliphatic carbocycles. The Morgan fingerprint density at radius 3 is 3.00 bits per heavy atom. The van der Waals surface area contributed by atoms with Crippen molar-refractivity contribution >= 4 is 33.7 Å². The molecule has 1 N–H and O–H groups in total. The third-order valence-electron chi connectivity index (χ3n) is 4.19. The van der Waals surface area contributed by atoms with Crippen LogP contribution in [0.15, 0.2) is 11.2 Å². The first-order chi connectivity index (χ1) is 12.1. The highest BCUT2D eigenvalue weighted by Crippen LogP contribution is 2.38. The first-order valence-electron chi connectivity index (χ1n) is 8.12. The highest BCUT2D eigenvalue weighted by Gasteiger charge is 2.28. The number of aliphatic imine (C=N–C) groups is 1. The van der Waals surface area contributed by atoms with Crippen LogP contribution >= 0.6 is 11.3 Å². The molecular formula is C17H18N7S+. The van der Waals surface area contributed by atoms with E-state index in [9.17, 15) is 5.26 Å². The number of hydrogen-bond acceptors (Lipinski definition) is 5. The summed E-state index contributed by atoms with van der Waals surface area (Å²) in [4.78, 5) is 18.0. The van der Waals surface area contributed by atoms with Gasteiger partial charge in [0.25, 0.3) is 5.82 Å². The normalized spacial score (nSPS) is 13.5. The Labute approximate surface area is 149 Å². The maximum absolute atomic E-state index is 9.43. The van der Waals surface area contributed by atoms with E-state index in [0.717, 1.165) is 28.9 Å². The van der Waals surface area contributed by atoms with Gasteiger partial charge in [0, 0.05) is 25.9 Å². The lowest BCUT2D eigenvalue weighted by Crippen LogP contribution is -2.35. The van der Waals surface area contributed by atoms with E-state index in [1.54, 1.807) is 28.6 Å². The minimum absolute atomic E-state index is 0.481. The molecule has 7 nitrogen and oxygen atoms in total. The van der Waals surface area contributed by atoms with E-state index in [-0.39, 0.29) is 0 Å². The molecule has 8 heteroatoms. The van der Waals surface area contributed by atoms with Gasteiger partial charge in [0.2, 0.25) is 5.82 Å². The second-order valence-electron chi connectivity index (χ2n) is 6.30. The number of hydrogen-bond donors (Lipinski definition) is 1. The number of rotatable bonds is 3. The van der Waals surface area contributed by atoms with Gasteiger partial charge in [-0.05, 0) is 24.8 Å². The van der Waals surface area contributed by atoms with Gasteiger partial charge in [-0.1, -0.05) is 9.98 Å². The first-order valence-corrected chi connectivity index (χ1v) is 8.93. The smallest absolute Gasteiger partial charge is 0.306 e. The van der Waals surface area contributed by atoms with Crippen LogP contribution in [-0.2, 0) is 12.8 Å². The number of nitrogens with one attached hydrogen (secondary N) is 1. The largest absolute Gasteiger partial charge is 0.355 e. The minimum atomic E-state index is 0.481. The molecule has 3 aromatic heterocycles. The third kappa shape index (κ3) is 2.57. The quantitative estimate of drug-likeness (QED) is 0.445. The van der Waals surface area contributed by atoms with Gasteiger partial charge in [-0.25, -0.2) is 10.1 Å². The molecule has 0 spiro atoms. The summed E-state index contributed by atoms with van der Waals surface area (Å²) in [5.74, 6) is 2.04. The van der Waals surface area contributed by atoms with Crippen molar-refractivity contribution in [3.8, 4) is 11.9 Å². The van der Waals surface area contributed by atoms with E-state index < -0.39 is 0 Å². The maximum Gasteiger partial charge on any atom is 0.306 e. The van der Waals surface area contributed by atoms with Gasteiger partial charge >= 0.3 is 5.82 Å². The van der Waals surface area contributed by atoms with Crippen LogP contribution in [-0.4, -0.2) is 40.4 Å². The summed E-state index contributed by atoms with van der Waals surface area (Å²) < 4.78 is 1.79. The van der Waals surface area contributed by atoms with Crippen LogP contribution < -0.4 is 4.68 Å². The monoisotopic (exact) mass is 352 g/mol. The molecule has 25 heavy (non-hydrogen) atoms. The first kappa shape index (κ1) is 15.7. The van der Waals surface area contributed by atoms with Crippen molar-refractivity contribution in [1.82, 2.24) is 20.0 Å². The summed E-state index contributed by atoms with van der Waals surface area (Å²) in [5, 5.41) is 13.7. The van der Waals surface area contributed by atoms with Crippen LogP contribution in [0, 0.1) is 18.3 Å². The molecule has 0 saturated heterocycles. The lowest BCUT2D eigenvalue weighted by Gasteiger charge is -2.02. The number of aryl methyl sites for hydroxylation is 3. The van der Waals surface area contributed by atoms with Crippen LogP contribution in [0.5, 0.6) is 0 Å². The third-order valence-corrected chi connectivity index (χ3v) is 5.38. The average Bonchev–Trinajstić information content (AvgIpc) is 3.24. The number of nitriles is 1. The van der Waals surface area contributed by atoms with E-state index in [0.29, 0.717) is 17.2 Å². The van der Waals surface area contributed by atoms with E-state index in [2.05, 4.69) is 26.1 Å². The second kappa shape index (κ2) is 5.93. The molecule has 0 saturated carbocycles. The number of fused-ring (bicyclic) bond motifs is 3. The van der Waals surface area contributed by atoms with Crippen molar-refractivity contribution in [3.05, 3.63) is 28.0 Å². The molecule has 0 fully saturated rings. The summed E-state index contributed by atoms with van der Waals surface area (Å²) in [7, 11) is 3.79. The highest BCUT2D eigenvalue weighted by atomic mass is 32.1. The number of aromatic nitrogens is 4. The molecule has 4 rings (SSSR count). The Kier molecular flexibility index (Phi) is 3.73. The van der Waals surface area contributed by atoms with Gasteiger partial charge in [-0.15, -0.1) is 16.0 Å². The van der Waals surface area contributed by atoms with Crippen molar-refractivity contribution in [2.45, 2.75) is 26.2 Å². The minimum Gasteiger partial charge on any atom is -0.355 e. The predicted octanol–water partition coefficient (Wildman–Crippen LogP) is 2.19. The fourth-order valence-corrected chi connectivity index (χ4v) is 4.46. The Bertz CT molecular complexity index is 1040. The molecule has 0 unspecified atom stereocenters. The number of aromatic amines is 1. The van der Waals surface area contributed by atoms with E-state index >= 15 is 0 Å². The van der Waals surface area contributed by atoms with Gasteiger partial charge in [0.05, 0.1) is 11.6 Å². The zero-order valence-electron chi connectivity index (χ0n) is 14.4. The Morgan fingerprint density at radius 1 is 1.40 bits per heavy atom. The molecule has 3 aromatic rings. The summed E-state index contributed by atoms with van der Waals surface area (Å²) in [6.45, 7) is 1.89. The Hall–Kier alpha value is -2.79. The predicted molar refractivity (Wildman–Crippen MR) is 96.6 cm³/mol. The van der Waals surface area contributed by atoms with Gasteiger partial charge in [0.15, 0.2) is 6.34 Å². The fourth-order valence-electron chi connectivity index (χ4n) is 3.16.